The number of cyclic esters (lactones) is 1. The predicted molar refractivity (Wildman–Crippen MR) is 132 cm³/mol. The highest BCUT2D eigenvalue weighted by Gasteiger charge is 2.45. The molecule has 0 amide bonds. The van der Waals surface area contributed by atoms with Gasteiger partial charge in [0.1, 0.15) is 6.61 Å². The largest absolute Gasteiger partial charge is 0.458 e. The summed E-state index contributed by atoms with van der Waals surface area (Å²) >= 11 is 0. The second-order valence-corrected chi connectivity index (χ2v) is 9.71. The number of nitrogens with zero attached hydrogens (tertiary/aromatic N) is 2. The van der Waals surface area contributed by atoms with Crippen molar-refractivity contribution < 1.29 is 33.6 Å². The molecule has 2 aromatic heterocycles. The molecule has 0 radical (unpaired) electrons. The summed E-state index contributed by atoms with van der Waals surface area (Å²) < 4.78 is 29.3. The Morgan fingerprint density at radius 3 is 2.45 bits per heavy atom. The van der Waals surface area contributed by atoms with Gasteiger partial charge >= 0.3 is 5.97 Å². The molecule has 0 saturated carbocycles. The smallest absolute Gasteiger partial charge is 0.343 e. The van der Waals surface area contributed by atoms with Gasteiger partial charge in [0.05, 0.1) is 29.0 Å². The standard InChI is InChI=1S/C28H20N2O8/c1-2-28(33)17-7-19-25-15(9-30(19)26(31)16(17)10-34-27(28)32)24(13-3-4-20-21(5-13)36-11-35-20)14-6-22-23(38-12-37-22)8-18(14)29-25/h3-8,33H,2,9-12H2,1H3/t28-/m0/s1. The third-order valence-electron chi connectivity index (χ3n) is 7.84. The van der Waals surface area contributed by atoms with E-state index in [9.17, 15) is 14.7 Å². The lowest BCUT2D eigenvalue weighted by Crippen LogP contribution is -2.44. The number of benzene rings is 2. The van der Waals surface area contributed by atoms with E-state index in [0.29, 0.717) is 39.9 Å². The summed E-state index contributed by atoms with van der Waals surface area (Å²) in [6.45, 7) is 2.04. The number of pyridine rings is 2. The molecule has 2 aromatic carbocycles. The van der Waals surface area contributed by atoms with Gasteiger partial charge in [0.2, 0.25) is 13.6 Å². The second kappa shape index (κ2) is 7.26. The van der Waals surface area contributed by atoms with Crippen LogP contribution in [-0.2, 0) is 28.3 Å². The van der Waals surface area contributed by atoms with Gasteiger partial charge in [0.25, 0.3) is 5.56 Å². The number of aliphatic hydroxyl groups is 1. The number of hydrogen-bond donors (Lipinski definition) is 1. The third-order valence-corrected chi connectivity index (χ3v) is 7.84. The maximum absolute atomic E-state index is 13.7. The first-order valence-corrected chi connectivity index (χ1v) is 12.3. The van der Waals surface area contributed by atoms with Gasteiger partial charge in [-0.3, -0.25) is 4.79 Å². The summed E-state index contributed by atoms with van der Waals surface area (Å²) in [5.74, 6) is 1.75. The number of fused-ring (bicyclic) bond motifs is 7. The number of ether oxygens (including phenoxy) is 5. The van der Waals surface area contributed by atoms with E-state index in [4.69, 9.17) is 28.7 Å². The molecule has 4 aliphatic heterocycles. The first-order valence-electron chi connectivity index (χ1n) is 12.3. The summed E-state index contributed by atoms with van der Waals surface area (Å²) in [6.07, 6.45) is 0.0751. The maximum Gasteiger partial charge on any atom is 0.343 e. The van der Waals surface area contributed by atoms with Crippen LogP contribution in [0, 0.1) is 0 Å². The van der Waals surface area contributed by atoms with Gasteiger partial charge < -0.3 is 33.4 Å². The molecular formula is C28H20N2O8. The highest BCUT2D eigenvalue weighted by Crippen LogP contribution is 2.47. The van der Waals surface area contributed by atoms with Gasteiger partial charge in [-0.2, -0.15) is 0 Å². The van der Waals surface area contributed by atoms with Crippen LogP contribution in [0.15, 0.2) is 41.2 Å². The van der Waals surface area contributed by atoms with E-state index in [1.165, 1.54) is 0 Å². The average Bonchev–Trinajstić information content (AvgIpc) is 3.66. The van der Waals surface area contributed by atoms with Crippen molar-refractivity contribution >= 4 is 16.9 Å². The van der Waals surface area contributed by atoms with Crippen molar-refractivity contribution in [1.82, 2.24) is 9.55 Å². The zero-order valence-corrected chi connectivity index (χ0v) is 20.2. The lowest BCUT2D eigenvalue weighted by Gasteiger charge is -2.31. The predicted octanol–water partition coefficient (Wildman–Crippen LogP) is 3.20. The van der Waals surface area contributed by atoms with Crippen LogP contribution in [0.5, 0.6) is 23.0 Å². The molecule has 8 rings (SSSR count). The Bertz CT molecular complexity index is 1810. The van der Waals surface area contributed by atoms with Crippen LogP contribution in [0.1, 0.15) is 30.0 Å². The quantitative estimate of drug-likeness (QED) is 0.356. The average molecular weight is 512 g/mol. The van der Waals surface area contributed by atoms with Gasteiger partial charge in [-0.25, -0.2) is 9.78 Å². The van der Waals surface area contributed by atoms with Gasteiger partial charge in [0.15, 0.2) is 28.6 Å². The molecule has 0 fully saturated rings. The van der Waals surface area contributed by atoms with Crippen molar-refractivity contribution in [1.29, 1.82) is 0 Å². The Labute approximate surface area is 214 Å². The molecule has 0 aliphatic carbocycles. The van der Waals surface area contributed by atoms with Gasteiger partial charge in [-0.1, -0.05) is 13.0 Å². The Balaban J connectivity index is 1.44. The van der Waals surface area contributed by atoms with Crippen LogP contribution < -0.4 is 24.5 Å². The number of esters is 1. The fourth-order valence-corrected chi connectivity index (χ4v) is 5.85. The maximum atomic E-state index is 13.7. The molecule has 1 atom stereocenters. The molecule has 6 heterocycles. The minimum absolute atomic E-state index is 0.0751. The van der Waals surface area contributed by atoms with Gasteiger partial charge in [0, 0.05) is 22.6 Å². The molecular weight excluding hydrogens is 492 g/mol. The van der Waals surface area contributed by atoms with Crippen LogP contribution in [0.3, 0.4) is 0 Å². The monoisotopic (exact) mass is 512 g/mol. The van der Waals surface area contributed by atoms with Crippen molar-refractivity contribution in [2.24, 2.45) is 0 Å². The molecule has 4 aromatic rings. The van der Waals surface area contributed by atoms with E-state index in [0.717, 1.165) is 22.1 Å². The minimum Gasteiger partial charge on any atom is -0.458 e. The SMILES string of the molecule is CC[C@@]1(O)C(=O)OCc2c1cc1n(c2=O)Cc2c-1nc1cc3c(cc1c2-c1ccc2c(c1)OCO2)OCO3. The van der Waals surface area contributed by atoms with E-state index in [1.807, 2.05) is 30.3 Å². The zero-order valence-electron chi connectivity index (χ0n) is 20.2. The number of carbonyl (C=O) groups is 1. The molecule has 10 heteroatoms. The summed E-state index contributed by atoms with van der Waals surface area (Å²) in [4.78, 5) is 31.2. The van der Waals surface area contributed by atoms with E-state index in [1.54, 1.807) is 17.6 Å². The number of carbonyl (C=O) groups excluding carboxylic acids is 1. The Hall–Kier alpha value is -4.57. The summed E-state index contributed by atoms with van der Waals surface area (Å²) in [5.41, 5.74) is 2.71. The number of aromatic nitrogens is 2. The van der Waals surface area contributed by atoms with Crippen LogP contribution in [0.25, 0.3) is 33.4 Å². The highest BCUT2D eigenvalue weighted by molar-refractivity contribution is 6.01. The fraction of sp³-hybridized carbons (Fsp3) is 0.250. The number of rotatable bonds is 2. The molecule has 4 aliphatic rings. The van der Waals surface area contributed by atoms with Crippen molar-refractivity contribution in [3.8, 4) is 45.5 Å². The molecule has 0 saturated heterocycles. The fourth-order valence-electron chi connectivity index (χ4n) is 5.85. The van der Waals surface area contributed by atoms with Crippen molar-refractivity contribution in [2.75, 3.05) is 13.6 Å². The molecule has 38 heavy (non-hydrogen) atoms. The highest BCUT2D eigenvalue weighted by atomic mass is 16.7. The Kier molecular flexibility index (Phi) is 4.11. The Morgan fingerprint density at radius 2 is 1.66 bits per heavy atom. The van der Waals surface area contributed by atoms with Crippen LogP contribution in [0.4, 0.5) is 0 Å². The Morgan fingerprint density at radius 1 is 0.921 bits per heavy atom. The van der Waals surface area contributed by atoms with Crippen LogP contribution in [0.2, 0.25) is 0 Å². The van der Waals surface area contributed by atoms with E-state index >= 15 is 0 Å². The van der Waals surface area contributed by atoms with Gasteiger partial charge in [-0.05, 0) is 41.8 Å². The lowest BCUT2D eigenvalue weighted by atomic mass is 9.86. The normalized spacial score (nSPS) is 19.8. The van der Waals surface area contributed by atoms with E-state index in [-0.39, 0.29) is 49.8 Å². The second-order valence-electron chi connectivity index (χ2n) is 9.71. The van der Waals surface area contributed by atoms with E-state index in [2.05, 4.69) is 0 Å². The van der Waals surface area contributed by atoms with Crippen molar-refractivity contribution in [2.45, 2.75) is 32.1 Å². The first kappa shape index (κ1) is 21.5. The summed E-state index contributed by atoms with van der Waals surface area (Å²) in [7, 11) is 0. The molecule has 0 bridgehead atoms. The van der Waals surface area contributed by atoms with Crippen LogP contribution in [-0.4, -0.2) is 34.2 Å². The van der Waals surface area contributed by atoms with E-state index < -0.39 is 11.6 Å². The lowest BCUT2D eigenvalue weighted by molar-refractivity contribution is -0.172. The number of hydrogen-bond acceptors (Lipinski definition) is 9. The summed E-state index contributed by atoms with van der Waals surface area (Å²) in [5, 5.41) is 12.0. The molecule has 1 N–H and O–H groups in total. The van der Waals surface area contributed by atoms with Crippen molar-refractivity contribution in [3.63, 3.8) is 0 Å². The zero-order chi connectivity index (χ0) is 25.8. The summed E-state index contributed by atoms with van der Waals surface area (Å²) in [6, 6.07) is 11.2. The first-order chi connectivity index (χ1) is 18.5. The topological polar surface area (TPSA) is 118 Å². The van der Waals surface area contributed by atoms with Crippen LogP contribution >= 0.6 is 0 Å². The molecule has 0 spiro atoms. The molecule has 10 nitrogen and oxygen atoms in total. The van der Waals surface area contributed by atoms with Crippen molar-refractivity contribution in [3.05, 3.63) is 63.4 Å². The minimum atomic E-state index is -1.89. The van der Waals surface area contributed by atoms with Gasteiger partial charge in [-0.15, -0.1) is 0 Å². The molecule has 0 unspecified atom stereocenters. The molecule has 190 valence electrons. The third kappa shape index (κ3) is 2.67.